The Hall–Kier alpha value is -0.170. The Bertz CT molecular complexity index is 464. The lowest BCUT2D eigenvalue weighted by molar-refractivity contribution is 0.0859. The van der Waals surface area contributed by atoms with E-state index in [-0.39, 0.29) is 0 Å². The van der Waals surface area contributed by atoms with Crippen molar-refractivity contribution in [3.8, 4) is 0 Å². The average Bonchev–Trinajstić information content (AvgIpc) is 3.23. The van der Waals surface area contributed by atoms with Gasteiger partial charge in [-0.3, -0.25) is 4.90 Å². The van der Waals surface area contributed by atoms with Gasteiger partial charge in [0.2, 0.25) is 10.0 Å². The summed E-state index contributed by atoms with van der Waals surface area (Å²) in [5.41, 5.74) is 0. The normalized spacial score (nSPS) is 36.8. The maximum atomic E-state index is 11.8. The summed E-state index contributed by atoms with van der Waals surface area (Å²) in [6.07, 6.45) is 6.26. The van der Waals surface area contributed by atoms with Crippen molar-refractivity contribution in [3.05, 3.63) is 0 Å². The van der Waals surface area contributed by atoms with Crippen molar-refractivity contribution in [1.29, 1.82) is 0 Å². The van der Waals surface area contributed by atoms with Crippen LogP contribution in [-0.2, 0) is 10.0 Å². The van der Waals surface area contributed by atoms with Gasteiger partial charge in [-0.05, 0) is 44.4 Å². The van der Waals surface area contributed by atoms with E-state index in [2.05, 4.69) is 17.1 Å². The van der Waals surface area contributed by atoms with E-state index in [9.17, 15) is 8.42 Å². The minimum atomic E-state index is -3.03. The van der Waals surface area contributed by atoms with Gasteiger partial charge in [0.25, 0.3) is 0 Å². The van der Waals surface area contributed by atoms with E-state index in [4.69, 9.17) is 0 Å². The quantitative estimate of drug-likeness (QED) is 0.831. The van der Waals surface area contributed by atoms with Crippen molar-refractivity contribution in [1.82, 2.24) is 14.5 Å². The highest BCUT2D eigenvalue weighted by molar-refractivity contribution is 7.88. The highest BCUT2D eigenvalue weighted by Gasteiger charge is 2.39. The van der Waals surface area contributed by atoms with Crippen LogP contribution in [0.15, 0.2) is 0 Å². The summed E-state index contributed by atoms with van der Waals surface area (Å²) < 4.78 is 25.2. The molecule has 2 aliphatic heterocycles. The summed E-state index contributed by atoms with van der Waals surface area (Å²) in [7, 11) is -3.03. The molecule has 3 rings (SSSR count). The van der Waals surface area contributed by atoms with Crippen LogP contribution in [0, 0.1) is 11.8 Å². The summed E-state index contributed by atoms with van der Waals surface area (Å²) in [6, 6.07) is 1.23. The Labute approximate surface area is 129 Å². The molecule has 2 saturated heterocycles. The first-order chi connectivity index (χ1) is 9.93. The summed E-state index contributed by atoms with van der Waals surface area (Å²) >= 11 is 0. The van der Waals surface area contributed by atoms with Gasteiger partial charge in [0.15, 0.2) is 0 Å². The zero-order valence-corrected chi connectivity index (χ0v) is 14.1. The van der Waals surface area contributed by atoms with Crippen molar-refractivity contribution in [3.63, 3.8) is 0 Å². The first-order valence-electron chi connectivity index (χ1n) is 8.36. The van der Waals surface area contributed by atoms with Crippen LogP contribution in [0.25, 0.3) is 0 Å². The Kier molecular flexibility index (Phi) is 4.60. The number of nitrogens with one attached hydrogen (secondary N) is 1. The maximum absolute atomic E-state index is 11.8. The van der Waals surface area contributed by atoms with Gasteiger partial charge in [-0.2, -0.15) is 0 Å². The predicted octanol–water partition coefficient (Wildman–Crippen LogP) is 0.730. The fourth-order valence-electron chi connectivity index (χ4n) is 3.97. The van der Waals surface area contributed by atoms with Gasteiger partial charge in [0.1, 0.15) is 0 Å². The summed E-state index contributed by atoms with van der Waals surface area (Å²) in [6.45, 7) is 6.96. The molecule has 5 nitrogen and oxygen atoms in total. The van der Waals surface area contributed by atoms with Crippen molar-refractivity contribution in [2.45, 2.75) is 44.7 Å². The third-order valence-corrected chi connectivity index (χ3v) is 6.53. The van der Waals surface area contributed by atoms with Gasteiger partial charge in [-0.25, -0.2) is 12.7 Å². The van der Waals surface area contributed by atoms with E-state index in [1.54, 1.807) is 4.31 Å². The molecule has 0 aromatic rings. The zero-order chi connectivity index (χ0) is 15.0. The zero-order valence-electron chi connectivity index (χ0n) is 13.3. The lowest BCUT2D eigenvalue weighted by Gasteiger charge is -2.43. The number of piperazine rings is 1. The van der Waals surface area contributed by atoms with Crippen molar-refractivity contribution in [2.75, 3.05) is 39.0 Å². The molecule has 0 aromatic carbocycles. The fraction of sp³-hybridized carbons (Fsp3) is 1.00. The van der Waals surface area contributed by atoms with E-state index in [0.29, 0.717) is 31.1 Å². The van der Waals surface area contributed by atoms with Crippen LogP contribution in [0.4, 0.5) is 0 Å². The van der Waals surface area contributed by atoms with Crippen molar-refractivity contribution >= 4 is 10.0 Å². The average molecular weight is 315 g/mol. The fourth-order valence-corrected chi connectivity index (χ4v) is 4.91. The lowest BCUT2D eigenvalue weighted by Crippen LogP contribution is -2.58. The van der Waals surface area contributed by atoms with Crippen LogP contribution >= 0.6 is 0 Å². The van der Waals surface area contributed by atoms with Crippen molar-refractivity contribution in [2.24, 2.45) is 11.8 Å². The monoisotopic (exact) mass is 315 g/mol. The first-order valence-corrected chi connectivity index (χ1v) is 10.2. The largest absolute Gasteiger partial charge is 0.311 e. The number of sulfonamides is 1. The second kappa shape index (κ2) is 6.14. The molecule has 1 N–H and O–H groups in total. The van der Waals surface area contributed by atoms with Crippen LogP contribution < -0.4 is 5.32 Å². The molecule has 0 spiro atoms. The second-order valence-electron chi connectivity index (χ2n) is 7.30. The van der Waals surface area contributed by atoms with Gasteiger partial charge in [-0.15, -0.1) is 0 Å². The second-order valence-corrected chi connectivity index (χ2v) is 9.28. The molecule has 3 unspecified atom stereocenters. The number of piperidine rings is 1. The molecule has 3 aliphatic rings. The lowest BCUT2D eigenvalue weighted by atomic mass is 9.96. The molecule has 0 radical (unpaired) electrons. The first kappa shape index (κ1) is 15.7. The number of hydrogen-bond donors (Lipinski definition) is 1. The molecule has 6 heteroatoms. The molecule has 1 aliphatic carbocycles. The summed E-state index contributed by atoms with van der Waals surface area (Å²) in [5, 5.41) is 3.61. The SMILES string of the molecule is CC1CN(CC2CCCN(S(C)(=O)=O)C2)C(C2CC2)CN1. The molecule has 2 heterocycles. The molecule has 3 atom stereocenters. The van der Waals surface area contributed by atoms with Crippen LogP contribution in [0.5, 0.6) is 0 Å². The number of rotatable bonds is 4. The summed E-state index contributed by atoms with van der Waals surface area (Å²) in [4.78, 5) is 2.65. The molecular formula is C15H29N3O2S. The van der Waals surface area contributed by atoms with Gasteiger partial charge in [0.05, 0.1) is 6.26 Å². The van der Waals surface area contributed by atoms with E-state index in [0.717, 1.165) is 32.0 Å². The molecule has 3 fully saturated rings. The molecule has 0 amide bonds. The Morgan fingerprint density at radius 3 is 2.62 bits per heavy atom. The smallest absolute Gasteiger partial charge is 0.211 e. The van der Waals surface area contributed by atoms with Gasteiger partial charge < -0.3 is 5.32 Å². The standard InChI is InChI=1S/C15H29N3O2S/c1-12-9-17(15(8-16-12)14-5-6-14)10-13-4-3-7-18(11-13)21(2,19)20/h12-16H,3-11H2,1-2H3. The molecule has 0 aromatic heterocycles. The Balaban J connectivity index is 1.61. The minimum absolute atomic E-state index is 0.500. The van der Waals surface area contributed by atoms with E-state index in [1.165, 1.54) is 25.5 Å². The van der Waals surface area contributed by atoms with Gasteiger partial charge >= 0.3 is 0 Å². The van der Waals surface area contributed by atoms with E-state index >= 15 is 0 Å². The molecular weight excluding hydrogens is 286 g/mol. The van der Waals surface area contributed by atoms with Crippen LogP contribution in [0.3, 0.4) is 0 Å². The highest BCUT2D eigenvalue weighted by Crippen LogP contribution is 2.37. The number of nitrogens with zero attached hydrogens (tertiary/aromatic N) is 2. The van der Waals surface area contributed by atoms with Crippen LogP contribution in [0.1, 0.15) is 32.6 Å². The minimum Gasteiger partial charge on any atom is -0.311 e. The third kappa shape index (κ3) is 3.97. The Morgan fingerprint density at radius 1 is 1.19 bits per heavy atom. The predicted molar refractivity (Wildman–Crippen MR) is 84.7 cm³/mol. The van der Waals surface area contributed by atoms with Gasteiger partial charge in [-0.1, -0.05) is 0 Å². The number of hydrogen-bond acceptors (Lipinski definition) is 4. The molecule has 1 saturated carbocycles. The van der Waals surface area contributed by atoms with Crippen LogP contribution in [-0.4, -0.2) is 68.7 Å². The molecule has 122 valence electrons. The Morgan fingerprint density at radius 2 is 1.95 bits per heavy atom. The van der Waals surface area contributed by atoms with Crippen molar-refractivity contribution < 1.29 is 8.42 Å². The highest BCUT2D eigenvalue weighted by atomic mass is 32.2. The van der Waals surface area contributed by atoms with Gasteiger partial charge in [0, 0.05) is 44.8 Å². The summed E-state index contributed by atoms with van der Waals surface area (Å²) in [5.74, 6) is 1.37. The van der Waals surface area contributed by atoms with Crippen LogP contribution in [0.2, 0.25) is 0 Å². The molecule has 0 bridgehead atoms. The topological polar surface area (TPSA) is 52.7 Å². The maximum Gasteiger partial charge on any atom is 0.211 e. The van der Waals surface area contributed by atoms with E-state index < -0.39 is 10.0 Å². The third-order valence-electron chi connectivity index (χ3n) is 5.26. The molecule has 21 heavy (non-hydrogen) atoms. The van der Waals surface area contributed by atoms with E-state index in [1.807, 2.05) is 0 Å².